The molecule has 2 atom stereocenters. The zero-order valence-corrected chi connectivity index (χ0v) is 19.9. The summed E-state index contributed by atoms with van der Waals surface area (Å²) in [7, 11) is 0. The van der Waals surface area contributed by atoms with Crippen molar-refractivity contribution in [2.45, 2.75) is 72.1 Å². The first-order valence-corrected chi connectivity index (χ1v) is 10.7. The van der Waals surface area contributed by atoms with Crippen LogP contribution >= 0.6 is 12.4 Å². The molecule has 0 spiro atoms. The summed E-state index contributed by atoms with van der Waals surface area (Å²) in [6, 6.07) is 10.3. The molecule has 2 heterocycles. The number of rotatable bonds is 6. The number of hydrogen-bond donors (Lipinski definition) is 1. The summed E-state index contributed by atoms with van der Waals surface area (Å²) >= 11 is 0. The summed E-state index contributed by atoms with van der Waals surface area (Å²) in [6.45, 7) is 11.0. The fourth-order valence-electron chi connectivity index (χ4n) is 3.76. The number of aryl methyl sites for hydroxylation is 1. The first kappa shape index (κ1) is 25.1. The van der Waals surface area contributed by atoms with Crippen LogP contribution in [0, 0.1) is 12.8 Å². The fraction of sp³-hybridized carbons (Fsp3) is 0.542. The molecule has 0 amide bonds. The number of ether oxygens (including phenoxy) is 2. The molecule has 170 valence electrons. The van der Waals surface area contributed by atoms with Crippen molar-refractivity contribution in [1.29, 1.82) is 0 Å². The lowest BCUT2D eigenvalue weighted by molar-refractivity contribution is 0.00572. The zero-order valence-electron chi connectivity index (χ0n) is 19.1. The van der Waals surface area contributed by atoms with E-state index in [1.165, 1.54) is 0 Å². The maximum atomic E-state index is 12.9. The molecule has 7 heteroatoms. The number of carbonyl (C=O) groups is 1. The third-order valence-electron chi connectivity index (χ3n) is 5.10. The van der Waals surface area contributed by atoms with Crippen LogP contribution in [0.25, 0.3) is 0 Å². The summed E-state index contributed by atoms with van der Waals surface area (Å²) in [5, 5.41) is 3.47. The lowest BCUT2D eigenvalue weighted by atomic mass is 9.90. The zero-order chi connectivity index (χ0) is 21.7. The average molecular weight is 448 g/mol. The Hall–Kier alpha value is -2.18. The van der Waals surface area contributed by atoms with Crippen molar-refractivity contribution in [1.82, 2.24) is 15.3 Å². The molecule has 1 aromatic carbocycles. The van der Waals surface area contributed by atoms with Gasteiger partial charge in [-0.1, -0.05) is 30.3 Å². The minimum absolute atomic E-state index is 0. The van der Waals surface area contributed by atoms with Crippen molar-refractivity contribution in [3.05, 3.63) is 53.1 Å². The van der Waals surface area contributed by atoms with Crippen LogP contribution in [0.15, 0.2) is 30.3 Å². The Morgan fingerprint density at radius 3 is 2.55 bits per heavy atom. The molecule has 1 N–H and O–H groups in total. The van der Waals surface area contributed by atoms with Gasteiger partial charge in [0.05, 0.1) is 5.69 Å². The predicted molar refractivity (Wildman–Crippen MR) is 124 cm³/mol. The van der Waals surface area contributed by atoms with Gasteiger partial charge in [0.1, 0.15) is 18.0 Å². The summed E-state index contributed by atoms with van der Waals surface area (Å²) < 4.78 is 11.6. The Morgan fingerprint density at radius 1 is 1.19 bits per heavy atom. The third kappa shape index (κ3) is 7.47. The molecular formula is C24H34ClN3O3. The first-order valence-electron chi connectivity index (χ1n) is 10.7. The van der Waals surface area contributed by atoms with E-state index in [-0.39, 0.29) is 18.1 Å². The van der Waals surface area contributed by atoms with Crippen LogP contribution in [0.3, 0.4) is 0 Å². The Morgan fingerprint density at radius 2 is 1.90 bits per heavy atom. The molecular weight excluding hydrogens is 414 g/mol. The smallest absolute Gasteiger partial charge is 0.361 e. The Kier molecular flexibility index (Phi) is 8.83. The van der Waals surface area contributed by atoms with Gasteiger partial charge in [0.15, 0.2) is 11.4 Å². The second-order valence-corrected chi connectivity index (χ2v) is 9.13. The van der Waals surface area contributed by atoms with Crippen molar-refractivity contribution in [3.63, 3.8) is 0 Å². The van der Waals surface area contributed by atoms with Gasteiger partial charge in [0.2, 0.25) is 0 Å². The van der Waals surface area contributed by atoms with Crippen molar-refractivity contribution < 1.29 is 14.3 Å². The predicted octanol–water partition coefficient (Wildman–Crippen LogP) is 4.67. The van der Waals surface area contributed by atoms with Crippen molar-refractivity contribution in [3.8, 4) is 5.75 Å². The molecule has 0 saturated carbocycles. The average Bonchev–Trinajstić information content (AvgIpc) is 2.66. The van der Waals surface area contributed by atoms with Gasteiger partial charge in [-0.25, -0.2) is 14.8 Å². The van der Waals surface area contributed by atoms with Gasteiger partial charge in [0, 0.05) is 12.5 Å². The molecule has 6 nitrogen and oxygen atoms in total. The number of benzene rings is 1. The second kappa shape index (κ2) is 10.9. The maximum absolute atomic E-state index is 12.9. The number of piperidine rings is 1. The van der Waals surface area contributed by atoms with E-state index < -0.39 is 11.6 Å². The second-order valence-electron chi connectivity index (χ2n) is 9.13. The van der Waals surface area contributed by atoms with Crippen LogP contribution in [0.2, 0.25) is 0 Å². The van der Waals surface area contributed by atoms with E-state index in [0.717, 1.165) is 31.4 Å². The minimum atomic E-state index is -0.614. The van der Waals surface area contributed by atoms with E-state index in [4.69, 9.17) is 9.47 Å². The fourth-order valence-corrected chi connectivity index (χ4v) is 3.76. The number of hydrogen-bond acceptors (Lipinski definition) is 6. The van der Waals surface area contributed by atoms with Gasteiger partial charge < -0.3 is 14.8 Å². The molecule has 0 bridgehead atoms. The number of halogens is 1. The van der Waals surface area contributed by atoms with E-state index in [1.807, 2.05) is 58.0 Å². The highest BCUT2D eigenvalue weighted by molar-refractivity contribution is 5.90. The van der Waals surface area contributed by atoms with Crippen molar-refractivity contribution in [2.24, 2.45) is 5.92 Å². The standard InChI is InChI=1S/C24H33N3O3.ClH/c1-16-13-19(11-12-25-16)14-20-26-17(2)22(29-15-18-9-7-6-8-10-18)21(27-20)23(28)30-24(3,4)5;/h6-10,16,19,25H,11-15H2,1-5H3;1H. The summed E-state index contributed by atoms with van der Waals surface area (Å²) in [4.78, 5) is 22.2. The molecule has 3 rings (SSSR count). The monoisotopic (exact) mass is 447 g/mol. The van der Waals surface area contributed by atoms with Crippen molar-refractivity contribution in [2.75, 3.05) is 6.54 Å². The molecule has 1 aliphatic heterocycles. The number of esters is 1. The molecule has 0 radical (unpaired) electrons. The summed E-state index contributed by atoms with van der Waals surface area (Å²) in [6.07, 6.45) is 2.92. The minimum Gasteiger partial charge on any atom is -0.484 e. The van der Waals surface area contributed by atoms with Crippen LogP contribution < -0.4 is 10.1 Å². The Bertz CT molecular complexity index is 868. The molecule has 31 heavy (non-hydrogen) atoms. The molecule has 1 saturated heterocycles. The molecule has 1 fully saturated rings. The number of nitrogens with one attached hydrogen (secondary N) is 1. The normalized spacial score (nSPS) is 18.7. The van der Waals surface area contributed by atoms with Gasteiger partial charge in [-0.05, 0) is 65.5 Å². The largest absolute Gasteiger partial charge is 0.484 e. The van der Waals surface area contributed by atoms with Crippen molar-refractivity contribution >= 4 is 18.4 Å². The SMILES string of the molecule is Cc1nc(CC2CCNC(C)C2)nc(C(=O)OC(C)(C)C)c1OCc1ccccc1.Cl. The van der Waals surface area contributed by atoms with Crippen LogP contribution in [-0.2, 0) is 17.8 Å². The topological polar surface area (TPSA) is 73.3 Å². The van der Waals surface area contributed by atoms with E-state index in [9.17, 15) is 4.79 Å². The van der Waals surface area contributed by atoms with Gasteiger partial charge in [-0.3, -0.25) is 0 Å². The van der Waals surface area contributed by atoms with Gasteiger partial charge >= 0.3 is 5.97 Å². The van der Waals surface area contributed by atoms with Gasteiger partial charge in [-0.2, -0.15) is 0 Å². The van der Waals surface area contributed by atoms with E-state index >= 15 is 0 Å². The molecule has 2 unspecified atom stereocenters. The van der Waals surface area contributed by atoms with Gasteiger partial charge in [-0.15, -0.1) is 12.4 Å². The molecule has 1 aliphatic rings. The first-order chi connectivity index (χ1) is 14.2. The molecule has 1 aromatic heterocycles. The number of carbonyl (C=O) groups excluding carboxylic acids is 1. The molecule has 0 aliphatic carbocycles. The van der Waals surface area contributed by atoms with Crippen LogP contribution in [0.4, 0.5) is 0 Å². The van der Waals surface area contributed by atoms with Crippen LogP contribution in [0.5, 0.6) is 5.75 Å². The number of nitrogens with zero attached hydrogens (tertiary/aromatic N) is 2. The van der Waals surface area contributed by atoms with Gasteiger partial charge in [0.25, 0.3) is 0 Å². The quantitative estimate of drug-likeness (QED) is 0.648. The summed E-state index contributed by atoms with van der Waals surface area (Å²) in [5.41, 5.74) is 1.28. The lowest BCUT2D eigenvalue weighted by Crippen LogP contribution is -2.36. The highest BCUT2D eigenvalue weighted by atomic mass is 35.5. The molecule has 2 aromatic rings. The Labute approximate surface area is 191 Å². The maximum Gasteiger partial charge on any atom is 0.361 e. The summed E-state index contributed by atoms with van der Waals surface area (Å²) in [5.74, 6) is 1.11. The third-order valence-corrected chi connectivity index (χ3v) is 5.10. The Balaban J connectivity index is 0.00000341. The van der Waals surface area contributed by atoms with Crippen LogP contribution in [0.1, 0.15) is 68.1 Å². The van der Waals surface area contributed by atoms with E-state index in [1.54, 1.807) is 0 Å². The van der Waals surface area contributed by atoms with E-state index in [2.05, 4.69) is 22.2 Å². The van der Waals surface area contributed by atoms with E-state index in [0.29, 0.717) is 35.8 Å². The lowest BCUT2D eigenvalue weighted by Gasteiger charge is -2.27. The highest BCUT2D eigenvalue weighted by Crippen LogP contribution is 2.27. The highest BCUT2D eigenvalue weighted by Gasteiger charge is 2.27. The van der Waals surface area contributed by atoms with Crippen LogP contribution in [-0.4, -0.2) is 34.1 Å². The number of aromatic nitrogens is 2.